The van der Waals surface area contributed by atoms with Crippen LogP contribution in [0.5, 0.6) is 0 Å². The van der Waals surface area contributed by atoms with Gasteiger partial charge >= 0.3 is 0 Å². The van der Waals surface area contributed by atoms with Gasteiger partial charge in [-0.05, 0) is 54.4 Å². The molecule has 0 fully saturated rings. The molecular weight excluding hydrogens is 560 g/mol. The van der Waals surface area contributed by atoms with Crippen LogP contribution in [0.1, 0.15) is 16.7 Å². The summed E-state index contributed by atoms with van der Waals surface area (Å²) in [7, 11) is -2.98. The minimum atomic E-state index is -4.42. The van der Waals surface area contributed by atoms with Crippen molar-refractivity contribution in [3.05, 3.63) is 131 Å². The number of halogens is 2. The van der Waals surface area contributed by atoms with E-state index in [2.05, 4.69) is 5.32 Å². The van der Waals surface area contributed by atoms with Crippen molar-refractivity contribution < 1.29 is 26.8 Å². The summed E-state index contributed by atoms with van der Waals surface area (Å²) in [6, 6.07) is 24.7. The standard InChI is InChI=1S/C32H31F2N3O4S/c1-23-12-18-27(19-13-23)42(40,41)37(29-11-7-6-10-28(29)34)22-31(38)36(21-25-14-16-26(33)17-15-25)30(32(39)35-2)20-24-8-4-3-5-9-24/h3-19,30H,20-22H2,1-2H3,(H,35,39)/t30-/m0/s1. The Morgan fingerprint density at radius 1 is 0.810 bits per heavy atom. The quantitative estimate of drug-likeness (QED) is 0.270. The van der Waals surface area contributed by atoms with Gasteiger partial charge in [0.15, 0.2) is 0 Å². The van der Waals surface area contributed by atoms with E-state index >= 15 is 4.39 Å². The molecule has 0 saturated carbocycles. The zero-order valence-corrected chi connectivity index (χ0v) is 24.0. The first-order valence-corrected chi connectivity index (χ1v) is 14.7. The van der Waals surface area contributed by atoms with E-state index in [-0.39, 0.29) is 23.5 Å². The SMILES string of the molecule is CNC(=O)[C@H](Cc1ccccc1)N(Cc1ccc(F)cc1)C(=O)CN(c1ccccc1F)S(=O)(=O)c1ccc(C)cc1. The lowest BCUT2D eigenvalue weighted by Crippen LogP contribution is -2.53. The molecule has 0 aliphatic heterocycles. The first-order valence-electron chi connectivity index (χ1n) is 13.2. The van der Waals surface area contributed by atoms with Crippen LogP contribution in [0.25, 0.3) is 0 Å². The van der Waals surface area contributed by atoms with E-state index in [1.807, 2.05) is 18.2 Å². The largest absolute Gasteiger partial charge is 0.357 e. The predicted octanol–water partition coefficient (Wildman–Crippen LogP) is 4.85. The van der Waals surface area contributed by atoms with Crippen molar-refractivity contribution in [2.75, 3.05) is 17.9 Å². The van der Waals surface area contributed by atoms with Crippen LogP contribution in [-0.2, 0) is 32.6 Å². The van der Waals surface area contributed by atoms with Gasteiger partial charge in [-0.1, -0.05) is 72.3 Å². The molecule has 218 valence electrons. The number of carbonyl (C=O) groups is 2. The first kappa shape index (κ1) is 30.4. The fourth-order valence-electron chi connectivity index (χ4n) is 4.51. The number of amides is 2. The van der Waals surface area contributed by atoms with Gasteiger partial charge in [0.25, 0.3) is 10.0 Å². The minimum absolute atomic E-state index is 0.123. The number of carbonyl (C=O) groups excluding carboxylic acids is 2. The van der Waals surface area contributed by atoms with Crippen molar-refractivity contribution in [3.63, 3.8) is 0 Å². The van der Waals surface area contributed by atoms with Crippen LogP contribution in [0.4, 0.5) is 14.5 Å². The summed E-state index contributed by atoms with van der Waals surface area (Å²) in [5.74, 6) is -2.53. The van der Waals surface area contributed by atoms with Crippen LogP contribution >= 0.6 is 0 Å². The molecule has 0 bridgehead atoms. The number of rotatable bonds is 11. The number of para-hydroxylation sites is 1. The van der Waals surface area contributed by atoms with Crippen molar-refractivity contribution in [2.45, 2.75) is 30.8 Å². The number of benzene rings is 4. The van der Waals surface area contributed by atoms with Crippen molar-refractivity contribution in [3.8, 4) is 0 Å². The molecule has 0 aromatic heterocycles. The van der Waals surface area contributed by atoms with Gasteiger partial charge in [-0.3, -0.25) is 13.9 Å². The van der Waals surface area contributed by atoms with E-state index < -0.39 is 46.1 Å². The van der Waals surface area contributed by atoms with E-state index in [1.165, 1.54) is 66.5 Å². The number of hydrogen-bond acceptors (Lipinski definition) is 4. The van der Waals surface area contributed by atoms with Crippen LogP contribution in [0.3, 0.4) is 0 Å². The molecule has 1 N–H and O–H groups in total. The highest BCUT2D eigenvalue weighted by molar-refractivity contribution is 7.92. The lowest BCUT2D eigenvalue weighted by molar-refractivity contribution is -0.139. The molecule has 4 rings (SSSR count). The van der Waals surface area contributed by atoms with Gasteiger partial charge in [0.1, 0.15) is 24.2 Å². The Morgan fingerprint density at radius 2 is 1.43 bits per heavy atom. The van der Waals surface area contributed by atoms with E-state index in [1.54, 1.807) is 31.2 Å². The molecular formula is C32H31F2N3O4S. The maximum absolute atomic E-state index is 15.1. The Hall–Kier alpha value is -4.57. The Morgan fingerprint density at radius 3 is 2.05 bits per heavy atom. The summed E-state index contributed by atoms with van der Waals surface area (Å²) in [5, 5.41) is 2.59. The van der Waals surface area contributed by atoms with Crippen molar-refractivity contribution >= 4 is 27.5 Å². The third-order valence-corrected chi connectivity index (χ3v) is 8.57. The van der Waals surface area contributed by atoms with E-state index in [0.29, 0.717) is 5.56 Å². The average molecular weight is 592 g/mol. The topological polar surface area (TPSA) is 86.8 Å². The van der Waals surface area contributed by atoms with Gasteiger partial charge in [0, 0.05) is 20.0 Å². The van der Waals surface area contributed by atoms with Crippen molar-refractivity contribution in [1.29, 1.82) is 0 Å². The highest BCUT2D eigenvalue weighted by Crippen LogP contribution is 2.27. The van der Waals surface area contributed by atoms with Gasteiger partial charge in [0.05, 0.1) is 10.6 Å². The highest BCUT2D eigenvalue weighted by Gasteiger charge is 2.35. The van der Waals surface area contributed by atoms with Crippen LogP contribution in [0.15, 0.2) is 108 Å². The predicted molar refractivity (Wildman–Crippen MR) is 157 cm³/mol. The monoisotopic (exact) mass is 591 g/mol. The van der Waals surface area contributed by atoms with Gasteiger partial charge in [-0.2, -0.15) is 0 Å². The van der Waals surface area contributed by atoms with Crippen LogP contribution in [0, 0.1) is 18.6 Å². The second-order valence-corrected chi connectivity index (χ2v) is 11.6. The zero-order valence-electron chi connectivity index (χ0n) is 23.2. The van der Waals surface area contributed by atoms with Gasteiger partial charge in [-0.15, -0.1) is 0 Å². The van der Waals surface area contributed by atoms with Gasteiger partial charge in [-0.25, -0.2) is 17.2 Å². The van der Waals surface area contributed by atoms with Crippen LogP contribution in [-0.4, -0.2) is 44.8 Å². The summed E-state index contributed by atoms with van der Waals surface area (Å²) in [5.41, 5.74) is 1.79. The van der Waals surface area contributed by atoms with E-state index in [0.717, 1.165) is 21.5 Å². The Labute approximate surface area is 244 Å². The minimum Gasteiger partial charge on any atom is -0.357 e. The summed E-state index contributed by atoms with van der Waals surface area (Å²) < 4.78 is 57.2. The molecule has 4 aromatic rings. The second-order valence-electron chi connectivity index (χ2n) is 9.74. The molecule has 0 heterocycles. The molecule has 0 radical (unpaired) electrons. The molecule has 4 aromatic carbocycles. The number of likely N-dealkylation sites (N-methyl/N-ethyl adjacent to an activating group) is 1. The maximum atomic E-state index is 15.1. The molecule has 7 nitrogen and oxygen atoms in total. The molecule has 2 amide bonds. The number of nitrogens with zero attached hydrogens (tertiary/aromatic N) is 2. The third kappa shape index (κ3) is 7.19. The number of anilines is 1. The fraction of sp³-hybridized carbons (Fsp3) is 0.188. The lowest BCUT2D eigenvalue weighted by atomic mass is 10.0. The molecule has 0 saturated heterocycles. The first-order chi connectivity index (χ1) is 20.1. The molecule has 42 heavy (non-hydrogen) atoms. The molecule has 0 aliphatic rings. The van der Waals surface area contributed by atoms with Gasteiger partial charge in [0.2, 0.25) is 11.8 Å². The molecule has 0 unspecified atom stereocenters. The summed E-state index contributed by atoms with van der Waals surface area (Å²) in [6.07, 6.45) is 0.123. The molecule has 1 atom stereocenters. The third-order valence-electron chi connectivity index (χ3n) is 6.79. The lowest BCUT2D eigenvalue weighted by Gasteiger charge is -2.33. The summed E-state index contributed by atoms with van der Waals surface area (Å²) >= 11 is 0. The molecule has 10 heteroatoms. The van der Waals surface area contributed by atoms with E-state index in [9.17, 15) is 22.4 Å². The highest BCUT2D eigenvalue weighted by atomic mass is 32.2. The van der Waals surface area contributed by atoms with Crippen molar-refractivity contribution in [2.24, 2.45) is 0 Å². The number of aryl methyl sites for hydroxylation is 1. The smallest absolute Gasteiger partial charge is 0.264 e. The number of hydrogen-bond donors (Lipinski definition) is 1. The molecule has 0 aliphatic carbocycles. The Bertz CT molecular complexity index is 1630. The fourth-order valence-corrected chi connectivity index (χ4v) is 5.93. The van der Waals surface area contributed by atoms with Crippen LogP contribution < -0.4 is 9.62 Å². The molecule has 0 spiro atoms. The van der Waals surface area contributed by atoms with E-state index in [4.69, 9.17) is 0 Å². The van der Waals surface area contributed by atoms with Gasteiger partial charge < -0.3 is 10.2 Å². The Kier molecular flexibility index (Phi) is 9.69. The zero-order chi connectivity index (χ0) is 30.3. The number of nitrogens with one attached hydrogen (secondary N) is 1. The maximum Gasteiger partial charge on any atom is 0.264 e. The Balaban J connectivity index is 1.79. The summed E-state index contributed by atoms with van der Waals surface area (Å²) in [6.45, 7) is 0.883. The average Bonchev–Trinajstić information content (AvgIpc) is 2.99. The van der Waals surface area contributed by atoms with Crippen molar-refractivity contribution in [1.82, 2.24) is 10.2 Å². The summed E-state index contributed by atoms with van der Waals surface area (Å²) in [4.78, 5) is 28.5. The second kappa shape index (κ2) is 13.4. The normalized spacial score (nSPS) is 11.9. The number of sulfonamides is 1. The van der Waals surface area contributed by atoms with Crippen LogP contribution in [0.2, 0.25) is 0 Å².